The van der Waals surface area contributed by atoms with Crippen molar-refractivity contribution < 1.29 is 34.1 Å². The van der Waals surface area contributed by atoms with Crippen molar-refractivity contribution in [2.24, 2.45) is 5.92 Å². The fourth-order valence-electron chi connectivity index (χ4n) is 5.11. The van der Waals surface area contributed by atoms with E-state index in [1.807, 2.05) is 13.0 Å². The summed E-state index contributed by atoms with van der Waals surface area (Å²) in [6, 6.07) is 0. The first-order valence-electron chi connectivity index (χ1n) is 15.0. The number of Topliss-reactive ketones (excluding diaryl/α,β-unsaturated/α-hetero) is 2. The maximum absolute atomic E-state index is 12.9. The van der Waals surface area contributed by atoms with E-state index in [0.29, 0.717) is 36.8 Å². The van der Waals surface area contributed by atoms with Gasteiger partial charge >= 0.3 is 5.97 Å². The van der Waals surface area contributed by atoms with E-state index in [-0.39, 0.29) is 43.4 Å². The van der Waals surface area contributed by atoms with Crippen LogP contribution >= 0.6 is 0 Å². The fraction of sp³-hybridized carbons (Fsp3) is 0.618. The maximum Gasteiger partial charge on any atom is 0.310 e. The van der Waals surface area contributed by atoms with Gasteiger partial charge in [-0.1, -0.05) is 57.2 Å². The van der Waals surface area contributed by atoms with Gasteiger partial charge in [0.25, 0.3) is 0 Å². The summed E-state index contributed by atoms with van der Waals surface area (Å²) in [5, 5.41) is 21.0. The minimum absolute atomic E-state index is 0.0299. The van der Waals surface area contributed by atoms with Crippen LogP contribution in [-0.2, 0) is 23.9 Å². The summed E-state index contributed by atoms with van der Waals surface area (Å²) in [4.78, 5) is 38.3. The number of unbranched alkanes of at least 4 members (excludes halogenated alkanes) is 1. The van der Waals surface area contributed by atoms with Crippen LogP contribution in [0, 0.1) is 5.92 Å². The third kappa shape index (κ3) is 12.0. The number of esters is 1. The average molecular weight is 571 g/mol. The van der Waals surface area contributed by atoms with Gasteiger partial charge in [-0.25, -0.2) is 0 Å². The molecule has 228 valence electrons. The summed E-state index contributed by atoms with van der Waals surface area (Å²) < 4.78 is 12.0. The number of hydrogen-bond donors (Lipinski definition) is 2. The standard InChI is InChI=1S/C34H50O7/c1-7-8-12-24(4)34(39)25(5)14-10-15-31-32-17-16-28(40-32)20-27(35)19-26(6)30(37)21-29(36)23(3)13-9-11-22(2)18-33(38)41-31/h10,13-15,26,28-29,31-32,34,36,39H,2,4,7-9,11-12,16-21H2,1,3,5-6H3/b15-10+,23-13-,25-14+/t26?,28-,29+,31+,32-,34+/m1/s1. The van der Waals surface area contributed by atoms with Crippen LogP contribution in [0.15, 0.2) is 59.8 Å². The molecule has 2 aliphatic heterocycles. The number of cyclic esters (lactones) is 1. The van der Waals surface area contributed by atoms with E-state index >= 15 is 0 Å². The highest BCUT2D eigenvalue weighted by molar-refractivity contribution is 5.88. The van der Waals surface area contributed by atoms with Gasteiger partial charge in [0.2, 0.25) is 0 Å². The van der Waals surface area contributed by atoms with Crippen molar-refractivity contribution in [2.45, 2.75) is 129 Å². The number of aliphatic hydroxyl groups is 2. The number of allylic oxidation sites excluding steroid dienone is 3. The van der Waals surface area contributed by atoms with Crippen LogP contribution in [0.3, 0.4) is 0 Å². The van der Waals surface area contributed by atoms with Gasteiger partial charge in [0.1, 0.15) is 17.7 Å². The van der Waals surface area contributed by atoms with Crippen molar-refractivity contribution in [1.29, 1.82) is 0 Å². The van der Waals surface area contributed by atoms with Gasteiger partial charge in [0.15, 0.2) is 0 Å². The minimum Gasteiger partial charge on any atom is -0.455 e. The number of ketones is 2. The number of carbonyl (C=O) groups is 3. The molecule has 2 N–H and O–H groups in total. The van der Waals surface area contributed by atoms with Crippen LogP contribution < -0.4 is 0 Å². The van der Waals surface area contributed by atoms with Crippen molar-refractivity contribution in [3.63, 3.8) is 0 Å². The van der Waals surface area contributed by atoms with Crippen LogP contribution in [0.4, 0.5) is 0 Å². The lowest BCUT2D eigenvalue weighted by Gasteiger charge is -2.22. The number of ether oxygens (including phenoxy) is 2. The summed E-state index contributed by atoms with van der Waals surface area (Å²) in [5.74, 6) is -1.10. The van der Waals surface area contributed by atoms with Crippen molar-refractivity contribution in [3.05, 3.63) is 59.8 Å². The first-order valence-corrected chi connectivity index (χ1v) is 15.0. The predicted octanol–water partition coefficient (Wildman–Crippen LogP) is 6.05. The zero-order valence-corrected chi connectivity index (χ0v) is 25.4. The van der Waals surface area contributed by atoms with E-state index in [0.717, 1.165) is 30.4 Å². The zero-order valence-electron chi connectivity index (χ0n) is 25.4. The molecule has 1 unspecified atom stereocenters. The largest absolute Gasteiger partial charge is 0.455 e. The first kappa shape index (κ1) is 34.6. The molecule has 1 fully saturated rings. The van der Waals surface area contributed by atoms with E-state index < -0.39 is 36.3 Å². The topological polar surface area (TPSA) is 110 Å². The second kappa shape index (κ2) is 17.4. The molecule has 2 rings (SSSR count). The van der Waals surface area contributed by atoms with Gasteiger partial charge in [-0.2, -0.15) is 0 Å². The molecule has 0 aromatic rings. The van der Waals surface area contributed by atoms with Gasteiger partial charge in [0, 0.05) is 25.2 Å². The third-order valence-corrected chi connectivity index (χ3v) is 7.92. The molecular weight excluding hydrogens is 520 g/mol. The normalized spacial score (nSPS) is 30.2. The fourth-order valence-corrected chi connectivity index (χ4v) is 5.11. The minimum atomic E-state index is -0.903. The number of fused-ring (bicyclic) bond motifs is 2. The van der Waals surface area contributed by atoms with Crippen LogP contribution in [0.5, 0.6) is 0 Å². The molecular formula is C34H50O7. The Balaban J connectivity index is 2.21. The summed E-state index contributed by atoms with van der Waals surface area (Å²) >= 11 is 0. The number of rotatable bonds is 7. The zero-order chi connectivity index (χ0) is 30.5. The highest BCUT2D eigenvalue weighted by Gasteiger charge is 2.34. The Bertz CT molecular complexity index is 1030. The monoisotopic (exact) mass is 570 g/mol. The predicted molar refractivity (Wildman–Crippen MR) is 161 cm³/mol. The molecule has 2 heterocycles. The molecule has 7 heteroatoms. The molecule has 0 radical (unpaired) electrons. The molecule has 6 atom stereocenters. The molecule has 41 heavy (non-hydrogen) atoms. The van der Waals surface area contributed by atoms with E-state index in [9.17, 15) is 24.6 Å². The number of aliphatic hydroxyl groups excluding tert-OH is 2. The van der Waals surface area contributed by atoms with E-state index in [2.05, 4.69) is 20.1 Å². The molecule has 0 amide bonds. The Hall–Kier alpha value is -2.61. The Morgan fingerprint density at radius 3 is 2.63 bits per heavy atom. The first-order chi connectivity index (χ1) is 19.4. The molecule has 0 aliphatic carbocycles. The quantitative estimate of drug-likeness (QED) is 0.218. The molecule has 0 aromatic carbocycles. The van der Waals surface area contributed by atoms with Gasteiger partial charge in [-0.15, -0.1) is 0 Å². The van der Waals surface area contributed by atoms with Gasteiger partial charge in [-0.3, -0.25) is 14.4 Å². The molecule has 2 bridgehead atoms. The highest BCUT2D eigenvalue weighted by atomic mass is 16.6. The Morgan fingerprint density at radius 1 is 1.20 bits per heavy atom. The van der Waals surface area contributed by atoms with E-state index in [1.165, 1.54) is 0 Å². The van der Waals surface area contributed by atoms with Crippen molar-refractivity contribution >= 4 is 17.5 Å². The van der Waals surface area contributed by atoms with Crippen LogP contribution in [0.1, 0.15) is 98.3 Å². The van der Waals surface area contributed by atoms with Crippen LogP contribution in [0.2, 0.25) is 0 Å². The number of carbonyl (C=O) groups excluding carboxylic acids is 3. The molecule has 1 saturated heterocycles. The maximum atomic E-state index is 12.9. The lowest BCUT2D eigenvalue weighted by molar-refractivity contribution is -0.152. The van der Waals surface area contributed by atoms with Crippen molar-refractivity contribution in [3.8, 4) is 0 Å². The average Bonchev–Trinajstić information content (AvgIpc) is 3.37. The number of hydrogen-bond acceptors (Lipinski definition) is 7. The molecule has 0 aromatic heterocycles. The Morgan fingerprint density at radius 2 is 1.93 bits per heavy atom. The van der Waals surface area contributed by atoms with E-state index in [4.69, 9.17) is 9.47 Å². The third-order valence-electron chi connectivity index (χ3n) is 7.92. The summed E-state index contributed by atoms with van der Waals surface area (Å²) in [5.41, 5.74) is 2.90. The summed E-state index contributed by atoms with van der Waals surface area (Å²) in [7, 11) is 0. The molecule has 0 spiro atoms. The molecule has 7 nitrogen and oxygen atoms in total. The van der Waals surface area contributed by atoms with E-state index in [1.54, 1.807) is 32.1 Å². The van der Waals surface area contributed by atoms with Crippen molar-refractivity contribution in [2.75, 3.05) is 0 Å². The Labute approximate surface area is 246 Å². The highest BCUT2D eigenvalue weighted by Crippen LogP contribution is 2.28. The Kier molecular flexibility index (Phi) is 14.7. The summed E-state index contributed by atoms with van der Waals surface area (Å²) in [6.45, 7) is 15.5. The van der Waals surface area contributed by atoms with Gasteiger partial charge in [-0.05, 0) is 75.2 Å². The van der Waals surface area contributed by atoms with Crippen LogP contribution in [0.25, 0.3) is 0 Å². The van der Waals surface area contributed by atoms with Gasteiger partial charge < -0.3 is 19.7 Å². The molecule has 2 aliphatic rings. The molecule has 0 saturated carbocycles. The smallest absolute Gasteiger partial charge is 0.310 e. The van der Waals surface area contributed by atoms with Gasteiger partial charge in [0.05, 0.1) is 30.8 Å². The SMILES string of the molecule is C=C1CC/C=C(/C)[C@@H](O)CC(=O)C(C)CC(=O)C[C@H]2CC[C@@H](O2)[C@H](/C=C/C=C(\C)[C@@H](O)C(=C)CCCC)OC(=O)C1. The second-order valence-corrected chi connectivity index (χ2v) is 11.7. The summed E-state index contributed by atoms with van der Waals surface area (Å²) in [6.07, 6.45) is 9.57. The lowest BCUT2D eigenvalue weighted by Crippen LogP contribution is -2.30. The second-order valence-electron chi connectivity index (χ2n) is 11.7. The van der Waals surface area contributed by atoms with Crippen molar-refractivity contribution in [1.82, 2.24) is 0 Å². The van der Waals surface area contributed by atoms with Crippen LogP contribution in [-0.4, -0.2) is 58.3 Å². The lowest BCUT2D eigenvalue weighted by atomic mass is 9.92.